The van der Waals surface area contributed by atoms with Crippen LogP contribution in [0.15, 0.2) is 0 Å². The highest BCUT2D eigenvalue weighted by atomic mass is 16.5. The Labute approximate surface area is 141 Å². The Morgan fingerprint density at radius 2 is 1.16 bits per heavy atom. The van der Waals surface area contributed by atoms with Crippen molar-refractivity contribution in [1.82, 2.24) is 0 Å². The van der Waals surface area contributed by atoms with E-state index in [1.807, 2.05) is 0 Å². The van der Waals surface area contributed by atoms with Gasteiger partial charge in [0, 0.05) is 0 Å². The summed E-state index contributed by atoms with van der Waals surface area (Å²) in [4.78, 5) is 72.9. The first-order valence-electron chi connectivity index (χ1n) is 7.28. The number of ether oxygens (including phenoxy) is 2. The number of hydrogen-bond donors (Lipinski definition) is 2. The van der Waals surface area contributed by atoms with Crippen LogP contribution in [0, 0.1) is 22.7 Å². The zero-order valence-corrected chi connectivity index (χ0v) is 13.4. The standard InChI is InChI=1S/C15H16O10/c1-24-10(18)6-3-14(12(20)21)5-15(8(6)16,13(22)23)4-7(9(14)17)11(19)25-2/h6-7H,3-5H2,1-2H3,(H,20,21)(H,22,23)/t6-,7+,14+,15-. The average molecular weight is 356 g/mol. The third-order valence-electron chi connectivity index (χ3n) is 5.08. The van der Waals surface area contributed by atoms with Crippen LogP contribution < -0.4 is 0 Å². The zero-order chi connectivity index (χ0) is 19.2. The molecule has 0 spiro atoms. The van der Waals surface area contributed by atoms with Gasteiger partial charge in [0.2, 0.25) is 0 Å². The van der Waals surface area contributed by atoms with Gasteiger partial charge in [0.15, 0.2) is 11.6 Å². The van der Waals surface area contributed by atoms with Crippen molar-refractivity contribution >= 4 is 35.4 Å². The van der Waals surface area contributed by atoms with Gasteiger partial charge >= 0.3 is 23.9 Å². The van der Waals surface area contributed by atoms with E-state index in [4.69, 9.17) is 0 Å². The molecule has 0 aromatic rings. The van der Waals surface area contributed by atoms with Crippen LogP contribution in [-0.4, -0.2) is 59.9 Å². The Balaban J connectivity index is 2.71. The van der Waals surface area contributed by atoms with Crippen molar-refractivity contribution in [2.45, 2.75) is 19.3 Å². The molecule has 2 aliphatic carbocycles. The van der Waals surface area contributed by atoms with E-state index in [2.05, 4.69) is 9.47 Å². The molecule has 2 aliphatic rings. The van der Waals surface area contributed by atoms with E-state index in [0.29, 0.717) is 0 Å². The quantitative estimate of drug-likeness (QED) is 0.474. The first-order valence-corrected chi connectivity index (χ1v) is 7.28. The maximum Gasteiger partial charge on any atom is 0.317 e. The average Bonchev–Trinajstić information content (AvgIpc) is 2.58. The fourth-order valence-corrected chi connectivity index (χ4v) is 3.79. The largest absolute Gasteiger partial charge is 0.480 e. The number of hydrogen-bond acceptors (Lipinski definition) is 8. The van der Waals surface area contributed by atoms with E-state index in [9.17, 15) is 39.0 Å². The molecule has 10 nitrogen and oxygen atoms in total. The molecule has 0 saturated heterocycles. The Morgan fingerprint density at radius 3 is 1.40 bits per heavy atom. The smallest absolute Gasteiger partial charge is 0.317 e. The predicted molar refractivity (Wildman–Crippen MR) is 75.0 cm³/mol. The molecule has 2 bridgehead atoms. The van der Waals surface area contributed by atoms with Crippen molar-refractivity contribution in [3.8, 4) is 0 Å². The summed E-state index contributed by atoms with van der Waals surface area (Å²) in [5.41, 5.74) is -4.72. The number of methoxy groups -OCH3 is 2. The molecule has 0 unspecified atom stereocenters. The fourth-order valence-electron chi connectivity index (χ4n) is 3.79. The molecule has 4 atom stereocenters. The minimum Gasteiger partial charge on any atom is -0.480 e. The Kier molecular flexibility index (Phi) is 4.41. The molecule has 0 aliphatic heterocycles. The molecule has 2 saturated carbocycles. The lowest BCUT2D eigenvalue weighted by atomic mass is 9.48. The van der Waals surface area contributed by atoms with Crippen LogP contribution in [0.25, 0.3) is 0 Å². The van der Waals surface area contributed by atoms with E-state index < -0.39 is 77.4 Å². The van der Waals surface area contributed by atoms with Crippen molar-refractivity contribution in [1.29, 1.82) is 0 Å². The molecule has 136 valence electrons. The molecular weight excluding hydrogens is 340 g/mol. The van der Waals surface area contributed by atoms with Crippen LogP contribution in [0.4, 0.5) is 0 Å². The molecule has 2 N–H and O–H groups in total. The van der Waals surface area contributed by atoms with Gasteiger partial charge in [-0.15, -0.1) is 0 Å². The van der Waals surface area contributed by atoms with E-state index in [1.54, 1.807) is 0 Å². The molecule has 0 radical (unpaired) electrons. The number of carbonyl (C=O) groups is 6. The molecule has 10 heteroatoms. The van der Waals surface area contributed by atoms with Crippen molar-refractivity contribution in [2.24, 2.45) is 22.7 Å². The number of aliphatic carboxylic acids is 2. The van der Waals surface area contributed by atoms with Gasteiger partial charge in [0.1, 0.15) is 22.7 Å². The van der Waals surface area contributed by atoms with Crippen LogP contribution in [0.5, 0.6) is 0 Å². The number of ketones is 2. The van der Waals surface area contributed by atoms with E-state index >= 15 is 0 Å². The molecule has 0 amide bonds. The molecule has 25 heavy (non-hydrogen) atoms. The summed E-state index contributed by atoms with van der Waals surface area (Å²) >= 11 is 0. The van der Waals surface area contributed by atoms with Crippen molar-refractivity contribution in [2.75, 3.05) is 14.2 Å². The Hall–Kier alpha value is -2.78. The van der Waals surface area contributed by atoms with Gasteiger partial charge in [0.05, 0.1) is 14.2 Å². The van der Waals surface area contributed by atoms with Crippen molar-refractivity contribution in [3.63, 3.8) is 0 Å². The van der Waals surface area contributed by atoms with Gasteiger partial charge < -0.3 is 19.7 Å². The monoisotopic (exact) mass is 356 g/mol. The number of esters is 2. The van der Waals surface area contributed by atoms with Crippen LogP contribution in [-0.2, 0) is 38.2 Å². The topological polar surface area (TPSA) is 161 Å². The van der Waals surface area contributed by atoms with Gasteiger partial charge in [-0.1, -0.05) is 0 Å². The maximum atomic E-state index is 12.7. The molecule has 0 aromatic carbocycles. The zero-order valence-electron chi connectivity index (χ0n) is 13.4. The molecular formula is C15H16O10. The first kappa shape index (κ1) is 18.6. The van der Waals surface area contributed by atoms with E-state index in [1.165, 1.54) is 0 Å². The summed E-state index contributed by atoms with van der Waals surface area (Å²) in [6.07, 6.45) is -2.33. The lowest BCUT2D eigenvalue weighted by Crippen LogP contribution is -2.65. The highest BCUT2D eigenvalue weighted by Crippen LogP contribution is 2.56. The minimum absolute atomic E-state index is 0.755. The molecule has 0 heterocycles. The second kappa shape index (κ2) is 5.94. The predicted octanol–water partition coefficient (Wildman–Crippen LogP) is -0.957. The third kappa shape index (κ3) is 2.39. The van der Waals surface area contributed by atoms with E-state index in [-0.39, 0.29) is 0 Å². The number of carboxylic acid groups (broad SMARTS) is 2. The summed E-state index contributed by atoms with van der Waals surface area (Å²) < 4.78 is 8.91. The number of fused-ring (bicyclic) bond motifs is 2. The summed E-state index contributed by atoms with van der Waals surface area (Å²) in [5, 5.41) is 19.2. The number of carbonyl (C=O) groups excluding carboxylic acids is 4. The molecule has 2 rings (SSSR count). The second-order valence-corrected chi connectivity index (χ2v) is 6.24. The Morgan fingerprint density at radius 1 is 0.840 bits per heavy atom. The van der Waals surface area contributed by atoms with Gasteiger partial charge in [-0.25, -0.2) is 0 Å². The van der Waals surface area contributed by atoms with Crippen molar-refractivity contribution < 1.29 is 48.5 Å². The minimum atomic E-state index is -2.36. The van der Waals surface area contributed by atoms with Crippen LogP contribution in [0.2, 0.25) is 0 Å². The maximum absolute atomic E-state index is 12.7. The summed E-state index contributed by atoms with van der Waals surface area (Å²) in [6, 6.07) is 0. The summed E-state index contributed by atoms with van der Waals surface area (Å²) in [5.74, 6) is -11.2. The van der Waals surface area contributed by atoms with Crippen LogP contribution in [0.3, 0.4) is 0 Å². The second-order valence-electron chi connectivity index (χ2n) is 6.24. The normalized spacial score (nSPS) is 34.2. The summed E-state index contributed by atoms with van der Waals surface area (Å²) in [6.45, 7) is 0. The van der Waals surface area contributed by atoms with Crippen LogP contribution in [0.1, 0.15) is 19.3 Å². The number of rotatable bonds is 4. The fraction of sp³-hybridized carbons (Fsp3) is 0.600. The lowest BCUT2D eigenvalue weighted by molar-refractivity contribution is -0.186. The first-order chi connectivity index (χ1) is 11.6. The van der Waals surface area contributed by atoms with Gasteiger partial charge in [-0.05, 0) is 19.3 Å². The van der Waals surface area contributed by atoms with Crippen molar-refractivity contribution in [3.05, 3.63) is 0 Å². The third-order valence-corrected chi connectivity index (χ3v) is 5.08. The number of carboxylic acids is 2. The summed E-state index contributed by atoms with van der Waals surface area (Å²) in [7, 11) is 1.92. The number of Topliss-reactive ketones (excluding diaryl/α,β-unsaturated/α-hetero) is 2. The molecule has 2 fully saturated rings. The SMILES string of the molecule is COC(=O)[C@H]1C[C@@]2(C(=O)O)C[C@@](C(=O)O)(C[C@@H](C(=O)OC)C2=O)C1=O. The van der Waals surface area contributed by atoms with Gasteiger partial charge in [0.25, 0.3) is 0 Å². The van der Waals surface area contributed by atoms with Gasteiger partial charge in [-0.2, -0.15) is 0 Å². The Bertz CT molecular complexity index is 636. The van der Waals surface area contributed by atoms with Crippen LogP contribution >= 0.6 is 0 Å². The highest BCUT2D eigenvalue weighted by Gasteiger charge is 2.71. The molecule has 0 aromatic heterocycles. The highest BCUT2D eigenvalue weighted by molar-refractivity contribution is 6.20. The lowest BCUT2D eigenvalue weighted by Gasteiger charge is -2.49. The van der Waals surface area contributed by atoms with Gasteiger partial charge in [-0.3, -0.25) is 28.8 Å². The van der Waals surface area contributed by atoms with E-state index in [0.717, 1.165) is 14.2 Å².